The van der Waals surface area contributed by atoms with Crippen molar-refractivity contribution in [1.82, 2.24) is 14.9 Å². The molecule has 13 heteroatoms. The first kappa shape index (κ1) is 30.5. The van der Waals surface area contributed by atoms with Crippen LogP contribution in [0.5, 0.6) is 0 Å². The van der Waals surface area contributed by atoms with Crippen molar-refractivity contribution in [2.24, 2.45) is 0 Å². The molecule has 0 saturated heterocycles. The van der Waals surface area contributed by atoms with Gasteiger partial charge >= 0.3 is 18.0 Å². The zero-order chi connectivity index (χ0) is 26.1. The first-order valence-electron chi connectivity index (χ1n) is 10.1. The van der Waals surface area contributed by atoms with E-state index in [1.807, 2.05) is 0 Å². The Morgan fingerprint density at radius 3 is 1.91 bits per heavy atom. The average Bonchev–Trinajstić information content (AvgIpc) is 2.59. The lowest BCUT2D eigenvalue weighted by Gasteiger charge is -2.32. The number of alkyl carbamates (subject to hydrolysis) is 1. The van der Waals surface area contributed by atoms with Gasteiger partial charge in [0.15, 0.2) is 6.10 Å². The summed E-state index contributed by atoms with van der Waals surface area (Å²) in [6.07, 6.45) is -2.92. The molecular weight excluding hydrogens is 458 g/mol. The molecule has 0 heterocycles. The summed E-state index contributed by atoms with van der Waals surface area (Å²) in [5.74, 6) is -4.14. The van der Waals surface area contributed by atoms with E-state index in [1.165, 1.54) is 14.0 Å². The van der Waals surface area contributed by atoms with Crippen LogP contribution in [0.2, 0.25) is 0 Å². The highest BCUT2D eigenvalue weighted by atomic mass is 32.2. The first-order valence-corrected chi connectivity index (χ1v) is 11.1. The van der Waals surface area contributed by atoms with Crippen molar-refractivity contribution >= 4 is 41.8 Å². The molecule has 0 aliphatic rings. The second-order valence-electron chi connectivity index (χ2n) is 9.26. The van der Waals surface area contributed by atoms with Crippen LogP contribution in [0, 0.1) is 0 Å². The summed E-state index contributed by atoms with van der Waals surface area (Å²) in [7, 11) is 1.21. The predicted molar refractivity (Wildman–Crippen MR) is 121 cm³/mol. The summed E-state index contributed by atoms with van der Waals surface area (Å²) in [6.45, 7) is 11.0. The highest BCUT2D eigenvalue weighted by Crippen LogP contribution is 2.18. The number of carboxylic acid groups (broad SMARTS) is 2. The Balaban J connectivity index is 5.83. The van der Waals surface area contributed by atoms with Crippen molar-refractivity contribution in [2.45, 2.75) is 84.3 Å². The number of aliphatic carboxylic acids is 2. The fourth-order valence-corrected chi connectivity index (χ4v) is 3.29. The van der Waals surface area contributed by atoms with Gasteiger partial charge in [-0.15, -0.1) is 0 Å². The number of nitrogens with zero attached hydrogens (tertiary/aromatic N) is 1. The Bertz CT molecular complexity index is 731. The van der Waals surface area contributed by atoms with Gasteiger partial charge < -0.3 is 34.6 Å². The summed E-state index contributed by atoms with van der Waals surface area (Å²) >= 11 is 0.799. The average molecular weight is 494 g/mol. The van der Waals surface area contributed by atoms with Crippen LogP contribution >= 0.6 is 11.9 Å². The summed E-state index contributed by atoms with van der Waals surface area (Å²) < 4.78 is 13.0. The number of amides is 3. The van der Waals surface area contributed by atoms with Gasteiger partial charge in [0.2, 0.25) is 11.8 Å². The highest BCUT2D eigenvalue weighted by molar-refractivity contribution is 7.98. The summed E-state index contributed by atoms with van der Waals surface area (Å²) in [5, 5.41) is 21.4. The lowest BCUT2D eigenvalue weighted by Crippen LogP contribution is -2.55. The van der Waals surface area contributed by atoms with Crippen molar-refractivity contribution in [3.05, 3.63) is 0 Å². The maximum Gasteiger partial charge on any atom is 0.408 e. The van der Waals surface area contributed by atoms with Crippen LogP contribution in [-0.4, -0.2) is 87.1 Å². The van der Waals surface area contributed by atoms with E-state index in [0.29, 0.717) is 0 Å². The molecule has 0 aromatic rings. The molecule has 0 radical (unpaired) electrons. The molecule has 33 heavy (non-hydrogen) atoms. The van der Waals surface area contributed by atoms with Crippen LogP contribution in [0.25, 0.3) is 0 Å². The lowest BCUT2D eigenvalue weighted by atomic mass is 10.1. The molecule has 0 aliphatic carbocycles. The second kappa shape index (κ2) is 12.6. The van der Waals surface area contributed by atoms with Gasteiger partial charge in [0.25, 0.3) is 0 Å². The number of hydrogen-bond acceptors (Lipinski definition) is 8. The van der Waals surface area contributed by atoms with E-state index in [0.717, 1.165) is 16.8 Å². The maximum absolute atomic E-state index is 13.2. The van der Waals surface area contributed by atoms with Crippen molar-refractivity contribution < 1.29 is 43.7 Å². The number of ether oxygens (including phenoxy) is 2. The van der Waals surface area contributed by atoms with Crippen LogP contribution in [-0.2, 0) is 28.7 Å². The molecule has 0 spiro atoms. The molecule has 4 N–H and O–H groups in total. The topological polar surface area (TPSA) is 172 Å². The zero-order valence-corrected chi connectivity index (χ0v) is 21.1. The van der Waals surface area contributed by atoms with E-state index in [2.05, 4.69) is 10.0 Å². The Morgan fingerprint density at radius 2 is 1.52 bits per heavy atom. The second-order valence-corrected chi connectivity index (χ2v) is 10.1. The minimum Gasteiger partial charge on any atom is -0.480 e. The highest BCUT2D eigenvalue weighted by Gasteiger charge is 2.37. The Kier molecular flexibility index (Phi) is 11.7. The Labute approximate surface area is 197 Å². The molecule has 3 amide bonds. The van der Waals surface area contributed by atoms with E-state index in [1.54, 1.807) is 41.5 Å². The van der Waals surface area contributed by atoms with Gasteiger partial charge in [-0.1, -0.05) is 0 Å². The fourth-order valence-electron chi connectivity index (χ4n) is 2.48. The van der Waals surface area contributed by atoms with Gasteiger partial charge in [-0.2, -0.15) is 0 Å². The monoisotopic (exact) mass is 493 g/mol. The molecule has 0 saturated carbocycles. The zero-order valence-electron chi connectivity index (χ0n) is 20.3. The van der Waals surface area contributed by atoms with Crippen LogP contribution in [0.15, 0.2) is 0 Å². The molecule has 0 aromatic heterocycles. The van der Waals surface area contributed by atoms with E-state index in [9.17, 15) is 34.2 Å². The van der Waals surface area contributed by atoms with Crippen molar-refractivity contribution in [3.63, 3.8) is 0 Å². The first-order chi connectivity index (χ1) is 14.8. The van der Waals surface area contributed by atoms with Gasteiger partial charge in [-0.05, 0) is 53.5 Å². The van der Waals surface area contributed by atoms with E-state index < -0.39 is 65.7 Å². The van der Waals surface area contributed by atoms with E-state index >= 15 is 0 Å². The van der Waals surface area contributed by atoms with E-state index in [4.69, 9.17) is 9.47 Å². The number of nitrogens with one attached hydrogen (secondary N) is 2. The lowest BCUT2D eigenvalue weighted by molar-refractivity contribution is -0.162. The summed E-state index contributed by atoms with van der Waals surface area (Å²) in [4.78, 5) is 60.9. The van der Waals surface area contributed by atoms with Gasteiger partial charge in [-0.25, -0.2) is 14.4 Å². The largest absolute Gasteiger partial charge is 0.480 e. The Morgan fingerprint density at radius 1 is 0.970 bits per heavy atom. The molecule has 0 aliphatic heterocycles. The molecule has 1 unspecified atom stereocenters. The number of likely N-dealkylation sites (N-methyl/N-ethyl adjacent to an activating group) is 1. The number of hydrogen-bond donors (Lipinski definition) is 4. The van der Waals surface area contributed by atoms with Gasteiger partial charge in [0.1, 0.15) is 17.7 Å². The van der Waals surface area contributed by atoms with Crippen LogP contribution in [0.4, 0.5) is 4.79 Å². The molecular formula is C20H35N3O9S. The standard InChI is InChI=1S/C20H35N3O9S/c1-11(24)22-33-10-13(16(26)27)23(8)15(25)12(21-18(30)32-20(5,6)7)9-14(17(28)29)31-19(2,3)4/h12-14H,9-10H2,1-8H3,(H,21,30)(H,22,24)(H,26,27)(H,28,29)/t12-,13-,14?/m0/s1. The summed E-state index contributed by atoms with van der Waals surface area (Å²) in [5.41, 5.74) is -1.76. The maximum atomic E-state index is 13.2. The molecule has 0 aromatic carbocycles. The number of carbonyl (C=O) groups excluding carboxylic acids is 3. The van der Waals surface area contributed by atoms with Crippen LogP contribution < -0.4 is 10.0 Å². The molecule has 190 valence electrons. The molecule has 3 atom stereocenters. The predicted octanol–water partition coefficient (Wildman–Crippen LogP) is 1.23. The molecule has 0 rings (SSSR count). The van der Waals surface area contributed by atoms with Crippen molar-refractivity contribution in [2.75, 3.05) is 12.8 Å². The van der Waals surface area contributed by atoms with Crippen molar-refractivity contribution in [3.8, 4) is 0 Å². The quantitative estimate of drug-likeness (QED) is 0.307. The SMILES string of the molecule is CC(=O)NSC[C@@H](C(=O)O)N(C)C(=O)[C@H](CC(OC(C)(C)C)C(=O)O)NC(=O)OC(C)(C)C. The fraction of sp³-hybridized carbons (Fsp3) is 0.750. The normalized spacial score (nSPS) is 14.4. The smallest absolute Gasteiger partial charge is 0.408 e. The minimum atomic E-state index is -1.47. The number of rotatable bonds is 11. The van der Waals surface area contributed by atoms with Gasteiger partial charge in [-0.3, -0.25) is 9.59 Å². The molecule has 0 fully saturated rings. The van der Waals surface area contributed by atoms with Gasteiger partial charge in [0, 0.05) is 26.1 Å². The third-order valence-electron chi connectivity index (χ3n) is 3.77. The van der Waals surface area contributed by atoms with Crippen LogP contribution in [0.1, 0.15) is 54.9 Å². The molecule has 0 bridgehead atoms. The third-order valence-corrected chi connectivity index (χ3v) is 4.68. The molecule has 12 nitrogen and oxygen atoms in total. The van der Waals surface area contributed by atoms with E-state index in [-0.39, 0.29) is 5.75 Å². The van der Waals surface area contributed by atoms with Crippen molar-refractivity contribution in [1.29, 1.82) is 0 Å². The van der Waals surface area contributed by atoms with Gasteiger partial charge in [0.05, 0.1) is 5.60 Å². The van der Waals surface area contributed by atoms with Crippen LogP contribution in [0.3, 0.4) is 0 Å². The third kappa shape index (κ3) is 12.9. The number of carbonyl (C=O) groups is 5. The minimum absolute atomic E-state index is 0.183. The number of carboxylic acids is 2. The Hall–Kier alpha value is -2.54. The summed E-state index contributed by atoms with van der Waals surface area (Å²) in [6, 6.07) is -2.83.